The highest BCUT2D eigenvalue weighted by molar-refractivity contribution is 7.89. The normalized spacial score (nSPS) is 12.9. The largest absolute Gasteiger partial charge is 0.417 e. The molecular weight excluding hydrogens is 357 g/mol. The third kappa shape index (κ3) is 3.72. The van der Waals surface area contributed by atoms with E-state index in [0.29, 0.717) is 12.5 Å². The lowest BCUT2D eigenvalue weighted by atomic mass is 10.1. The van der Waals surface area contributed by atoms with E-state index in [-0.39, 0.29) is 22.3 Å². The maximum absolute atomic E-state index is 13.3. The molecule has 0 saturated carbocycles. The molecule has 9 heteroatoms. The number of aromatic nitrogens is 1. The maximum Gasteiger partial charge on any atom is 0.417 e. The van der Waals surface area contributed by atoms with Crippen LogP contribution in [0.3, 0.4) is 0 Å². The summed E-state index contributed by atoms with van der Waals surface area (Å²) in [4.78, 5) is 11.5. The number of halogens is 3. The molecule has 0 N–H and O–H groups in total. The average molecular weight is 376 g/mol. The number of hydrogen-bond acceptors (Lipinski definition) is 3. The summed E-state index contributed by atoms with van der Waals surface area (Å²) in [6.45, 7) is 2.18. The summed E-state index contributed by atoms with van der Waals surface area (Å²) >= 11 is 0. The summed E-state index contributed by atoms with van der Waals surface area (Å²) in [5.41, 5.74) is -1.93. The van der Waals surface area contributed by atoms with Gasteiger partial charge in [0.25, 0.3) is 5.56 Å². The van der Waals surface area contributed by atoms with E-state index in [1.165, 1.54) is 26.2 Å². The van der Waals surface area contributed by atoms with Crippen LogP contribution in [0.1, 0.15) is 25.3 Å². The summed E-state index contributed by atoms with van der Waals surface area (Å²) < 4.78 is 67.1. The Hall–Kier alpha value is -1.87. The molecule has 25 heavy (non-hydrogen) atoms. The van der Waals surface area contributed by atoms with Gasteiger partial charge in [-0.25, -0.2) is 12.7 Å². The first kappa shape index (κ1) is 19.5. The van der Waals surface area contributed by atoms with Crippen molar-refractivity contribution >= 4 is 20.9 Å². The molecule has 0 aliphatic rings. The second kappa shape index (κ2) is 6.80. The highest BCUT2D eigenvalue weighted by atomic mass is 32.2. The van der Waals surface area contributed by atoms with Gasteiger partial charge >= 0.3 is 6.18 Å². The van der Waals surface area contributed by atoms with Crippen LogP contribution in [0.5, 0.6) is 0 Å². The Morgan fingerprint density at radius 2 is 1.84 bits per heavy atom. The Morgan fingerprint density at radius 1 is 1.20 bits per heavy atom. The molecule has 2 aromatic rings. The van der Waals surface area contributed by atoms with Crippen LogP contribution >= 0.6 is 0 Å². The summed E-state index contributed by atoms with van der Waals surface area (Å²) in [7, 11) is -1.18. The van der Waals surface area contributed by atoms with Crippen LogP contribution in [0.15, 0.2) is 34.0 Å². The van der Waals surface area contributed by atoms with Crippen molar-refractivity contribution in [1.82, 2.24) is 8.87 Å². The highest BCUT2D eigenvalue weighted by Crippen LogP contribution is 2.34. The van der Waals surface area contributed by atoms with Gasteiger partial charge in [-0.3, -0.25) is 4.79 Å². The van der Waals surface area contributed by atoms with Crippen LogP contribution < -0.4 is 5.56 Å². The Balaban J connectivity index is 2.71. The maximum atomic E-state index is 13.3. The number of fused-ring (bicyclic) bond motifs is 1. The zero-order chi connectivity index (χ0) is 19.0. The van der Waals surface area contributed by atoms with Gasteiger partial charge in [0.2, 0.25) is 10.0 Å². The molecule has 0 aliphatic carbocycles. The zero-order valence-electron chi connectivity index (χ0n) is 14.1. The SMILES string of the molecule is CCCCN(C)S(=O)(=O)c1ccc2c(c1)c(C(F)(F)F)cc(=O)n2C. The molecule has 1 aromatic heterocycles. The lowest BCUT2D eigenvalue weighted by molar-refractivity contribution is -0.136. The smallest absolute Gasteiger partial charge is 0.311 e. The van der Waals surface area contributed by atoms with Gasteiger partial charge in [-0.2, -0.15) is 13.2 Å². The van der Waals surface area contributed by atoms with E-state index < -0.39 is 27.3 Å². The van der Waals surface area contributed by atoms with Crippen molar-refractivity contribution in [2.75, 3.05) is 13.6 Å². The fourth-order valence-electron chi connectivity index (χ4n) is 2.52. The van der Waals surface area contributed by atoms with Crippen LogP contribution in [-0.4, -0.2) is 30.9 Å². The van der Waals surface area contributed by atoms with Crippen molar-refractivity contribution in [3.8, 4) is 0 Å². The monoisotopic (exact) mass is 376 g/mol. The number of benzene rings is 1. The van der Waals surface area contributed by atoms with E-state index >= 15 is 0 Å². The van der Waals surface area contributed by atoms with Crippen LogP contribution in [0, 0.1) is 0 Å². The molecule has 2 rings (SSSR count). The molecule has 0 atom stereocenters. The van der Waals surface area contributed by atoms with Crippen molar-refractivity contribution in [3.63, 3.8) is 0 Å². The average Bonchev–Trinajstić information content (AvgIpc) is 2.54. The number of alkyl halides is 3. The van der Waals surface area contributed by atoms with Gasteiger partial charge < -0.3 is 4.57 Å². The van der Waals surface area contributed by atoms with Gasteiger partial charge in [-0.05, 0) is 24.6 Å². The second-order valence-corrected chi connectivity index (χ2v) is 7.86. The first-order valence-electron chi connectivity index (χ1n) is 7.67. The van der Waals surface area contributed by atoms with Crippen LogP contribution in [0.4, 0.5) is 13.2 Å². The van der Waals surface area contributed by atoms with Crippen molar-refractivity contribution < 1.29 is 21.6 Å². The minimum absolute atomic E-state index is 0.0231. The molecule has 0 bridgehead atoms. The molecule has 0 radical (unpaired) electrons. The van der Waals surface area contributed by atoms with E-state index in [9.17, 15) is 26.4 Å². The molecule has 1 aromatic carbocycles. The van der Waals surface area contributed by atoms with Gasteiger partial charge in [0.05, 0.1) is 16.0 Å². The van der Waals surface area contributed by atoms with Gasteiger partial charge in [-0.1, -0.05) is 13.3 Å². The topological polar surface area (TPSA) is 59.4 Å². The molecule has 5 nitrogen and oxygen atoms in total. The minimum Gasteiger partial charge on any atom is -0.311 e. The van der Waals surface area contributed by atoms with Crippen molar-refractivity contribution in [3.05, 3.63) is 40.2 Å². The van der Waals surface area contributed by atoms with E-state index in [1.54, 1.807) is 0 Å². The number of nitrogens with zero attached hydrogens (tertiary/aromatic N) is 2. The minimum atomic E-state index is -4.76. The highest BCUT2D eigenvalue weighted by Gasteiger charge is 2.34. The van der Waals surface area contributed by atoms with Gasteiger partial charge in [-0.15, -0.1) is 0 Å². The molecule has 1 heterocycles. The predicted octanol–water partition coefficient (Wildman–Crippen LogP) is 2.98. The van der Waals surface area contributed by atoms with Gasteiger partial charge in [0.1, 0.15) is 0 Å². The van der Waals surface area contributed by atoms with E-state index in [4.69, 9.17) is 0 Å². The summed E-state index contributed by atoms with van der Waals surface area (Å²) in [5.74, 6) is 0. The molecule has 0 spiro atoms. The first-order chi connectivity index (χ1) is 11.5. The Bertz CT molecular complexity index is 949. The third-order valence-electron chi connectivity index (χ3n) is 4.06. The van der Waals surface area contributed by atoms with Gasteiger partial charge in [0, 0.05) is 32.1 Å². The molecule has 0 aliphatic heterocycles. The summed E-state index contributed by atoms with van der Waals surface area (Å²) in [6.07, 6.45) is -3.33. The summed E-state index contributed by atoms with van der Waals surface area (Å²) in [6, 6.07) is 3.92. The number of unbranched alkanes of at least 4 members (excludes halogenated alkanes) is 1. The summed E-state index contributed by atoms with van der Waals surface area (Å²) in [5, 5.41) is -0.320. The molecule has 0 saturated heterocycles. The number of aryl methyl sites for hydroxylation is 1. The molecule has 0 fully saturated rings. The third-order valence-corrected chi connectivity index (χ3v) is 5.91. The van der Waals surface area contributed by atoms with E-state index in [1.807, 2.05) is 6.92 Å². The predicted molar refractivity (Wildman–Crippen MR) is 88.9 cm³/mol. The molecular formula is C16H19F3N2O3S. The Labute approximate surface area is 143 Å². The van der Waals surface area contributed by atoms with Crippen LogP contribution in [0.25, 0.3) is 10.9 Å². The number of hydrogen-bond donors (Lipinski definition) is 0. The molecule has 0 amide bonds. The number of pyridine rings is 1. The number of sulfonamides is 1. The van der Waals surface area contributed by atoms with Gasteiger partial charge in [0.15, 0.2) is 0 Å². The number of rotatable bonds is 5. The lowest BCUT2D eigenvalue weighted by Gasteiger charge is -2.18. The molecule has 0 unspecified atom stereocenters. The van der Waals surface area contributed by atoms with Crippen LogP contribution in [-0.2, 0) is 23.2 Å². The van der Waals surface area contributed by atoms with Crippen molar-refractivity contribution in [2.45, 2.75) is 30.8 Å². The zero-order valence-corrected chi connectivity index (χ0v) is 14.9. The fraction of sp³-hybridized carbons (Fsp3) is 0.438. The molecule has 138 valence electrons. The first-order valence-corrected chi connectivity index (χ1v) is 9.11. The van der Waals surface area contributed by atoms with E-state index in [2.05, 4.69) is 0 Å². The van der Waals surface area contributed by atoms with Crippen molar-refractivity contribution in [1.29, 1.82) is 0 Å². The van der Waals surface area contributed by atoms with E-state index in [0.717, 1.165) is 21.4 Å². The Morgan fingerprint density at radius 3 is 2.40 bits per heavy atom. The lowest BCUT2D eigenvalue weighted by Crippen LogP contribution is -2.28. The quantitative estimate of drug-likeness (QED) is 0.806. The van der Waals surface area contributed by atoms with Crippen LogP contribution in [0.2, 0.25) is 0 Å². The fourth-order valence-corrected chi connectivity index (χ4v) is 3.75. The Kier molecular flexibility index (Phi) is 5.29. The standard InChI is InChI=1S/C16H19F3N2O3S/c1-4-5-8-20(2)25(23,24)11-6-7-14-12(9-11)13(16(17,18)19)10-15(22)21(14)3/h6-7,9-10H,4-5,8H2,1-3H3. The second-order valence-electron chi connectivity index (χ2n) is 5.81. The van der Waals surface area contributed by atoms with Crippen molar-refractivity contribution in [2.24, 2.45) is 7.05 Å².